The van der Waals surface area contributed by atoms with Crippen LogP contribution in [-0.4, -0.2) is 25.2 Å². The molecule has 0 saturated carbocycles. The molecular weight excluding hydrogens is 288 g/mol. The lowest BCUT2D eigenvalue weighted by atomic mass is 10.0. The molecule has 5 nitrogen and oxygen atoms in total. The topological polar surface area (TPSA) is 92.4 Å². The van der Waals surface area contributed by atoms with Gasteiger partial charge in [-0.15, -0.1) is 0 Å². The molecule has 0 bridgehead atoms. The fraction of sp³-hybridized carbons (Fsp3) is 0.500. The molecule has 0 spiro atoms. The zero-order valence-corrected chi connectivity index (χ0v) is 12.9. The second kappa shape index (κ2) is 5.28. The van der Waals surface area contributed by atoms with Crippen LogP contribution in [0, 0.1) is 6.92 Å². The van der Waals surface area contributed by atoms with Crippen molar-refractivity contribution >= 4 is 27.3 Å². The summed E-state index contributed by atoms with van der Waals surface area (Å²) in [5.74, 6) is 0. The van der Waals surface area contributed by atoms with E-state index in [1.54, 1.807) is 20.8 Å². The first-order valence-corrected chi connectivity index (χ1v) is 7.61. The normalized spacial score (nSPS) is 14.4. The summed E-state index contributed by atoms with van der Waals surface area (Å²) in [6.45, 7) is 6.41. The van der Waals surface area contributed by atoms with Crippen LogP contribution in [0.25, 0.3) is 0 Å². The zero-order valence-electron chi connectivity index (χ0n) is 11.4. The van der Waals surface area contributed by atoms with Crippen molar-refractivity contribution < 1.29 is 13.5 Å². The van der Waals surface area contributed by atoms with Crippen LogP contribution in [0.15, 0.2) is 17.0 Å². The van der Waals surface area contributed by atoms with E-state index in [9.17, 15) is 13.5 Å². The maximum Gasteiger partial charge on any atom is 0.241 e. The molecule has 1 aromatic rings. The van der Waals surface area contributed by atoms with Crippen molar-refractivity contribution in [2.75, 3.05) is 5.73 Å². The second-order valence-corrected chi connectivity index (χ2v) is 7.21. The van der Waals surface area contributed by atoms with Crippen LogP contribution in [0.2, 0.25) is 5.02 Å². The molecule has 1 rings (SSSR count). The molecular formula is C12H19ClN2O3S. The Bertz CT molecular complexity index is 560. The number of hydrogen-bond acceptors (Lipinski definition) is 4. The highest BCUT2D eigenvalue weighted by molar-refractivity contribution is 7.89. The molecule has 0 aliphatic rings. The molecule has 1 unspecified atom stereocenters. The lowest BCUT2D eigenvalue weighted by Gasteiger charge is -2.29. The summed E-state index contributed by atoms with van der Waals surface area (Å²) in [6.07, 6.45) is -0.847. The third-order valence-corrected chi connectivity index (χ3v) is 5.15. The Hall–Kier alpha value is -0.820. The smallest absolute Gasteiger partial charge is 0.241 e. The van der Waals surface area contributed by atoms with Gasteiger partial charge in [-0.05, 0) is 45.4 Å². The van der Waals surface area contributed by atoms with Crippen molar-refractivity contribution in [3.63, 3.8) is 0 Å². The van der Waals surface area contributed by atoms with Gasteiger partial charge < -0.3 is 10.8 Å². The predicted molar refractivity (Wildman–Crippen MR) is 76.7 cm³/mol. The highest BCUT2D eigenvalue weighted by Crippen LogP contribution is 2.26. The largest absolute Gasteiger partial charge is 0.398 e. The number of hydrogen-bond donors (Lipinski definition) is 3. The minimum Gasteiger partial charge on any atom is -0.398 e. The average Bonchev–Trinajstić information content (AvgIpc) is 2.23. The summed E-state index contributed by atoms with van der Waals surface area (Å²) in [6, 6.07) is 2.69. The summed E-state index contributed by atoms with van der Waals surface area (Å²) in [4.78, 5) is -0.0191. The first-order chi connectivity index (χ1) is 8.47. The first kappa shape index (κ1) is 16.2. The van der Waals surface area contributed by atoms with Gasteiger partial charge >= 0.3 is 0 Å². The van der Waals surface area contributed by atoms with Crippen LogP contribution in [0.1, 0.15) is 26.3 Å². The average molecular weight is 307 g/mol. The van der Waals surface area contributed by atoms with Gasteiger partial charge in [0.1, 0.15) is 0 Å². The second-order valence-electron chi connectivity index (χ2n) is 5.12. The van der Waals surface area contributed by atoms with Crippen molar-refractivity contribution in [3.8, 4) is 0 Å². The standard InChI is InChI=1S/C12H19ClN2O3S/c1-7-10(13)5-9(6-11(7)14)19(17,18)15-12(3,4)8(2)16/h5-6,8,15-16H,14H2,1-4H3. The Balaban J connectivity index is 3.22. The van der Waals surface area contributed by atoms with E-state index in [-0.39, 0.29) is 9.92 Å². The van der Waals surface area contributed by atoms with E-state index in [2.05, 4.69) is 4.72 Å². The van der Waals surface area contributed by atoms with Crippen LogP contribution >= 0.6 is 11.6 Å². The Morgan fingerprint density at radius 1 is 1.42 bits per heavy atom. The third kappa shape index (κ3) is 3.60. The number of nitrogen functional groups attached to an aromatic ring is 1. The molecule has 7 heteroatoms. The van der Waals surface area contributed by atoms with Crippen LogP contribution in [-0.2, 0) is 10.0 Å². The van der Waals surface area contributed by atoms with Gasteiger partial charge in [-0.1, -0.05) is 11.6 Å². The number of halogens is 1. The number of aliphatic hydroxyl groups excluding tert-OH is 1. The lowest BCUT2D eigenvalue weighted by molar-refractivity contribution is 0.111. The minimum atomic E-state index is -3.80. The van der Waals surface area contributed by atoms with Gasteiger partial charge in [0.05, 0.1) is 16.5 Å². The molecule has 1 aromatic carbocycles. The van der Waals surface area contributed by atoms with E-state index in [0.29, 0.717) is 11.3 Å². The highest BCUT2D eigenvalue weighted by Gasteiger charge is 2.30. The van der Waals surface area contributed by atoms with E-state index >= 15 is 0 Å². The van der Waals surface area contributed by atoms with E-state index < -0.39 is 21.7 Å². The molecule has 4 N–H and O–H groups in total. The molecule has 0 heterocycles. The molecule has 0 amide bonds. The van der Waals surface area contributed by atoms with Crippen molar-refractivity contribution in [1.82, 2.24) is 4.72 Å². The van der Waals surface area contributed by atoms with Crippen LogP contribution in [0.5, 0.6) is 0 Å². The monoisotopic (exact) mass is 306 g/mol. The number of sulfonamides is 1. The van der Waals surface area contributed by atoms with Gasteiger partial charge in [0.2, 0.25) is 10.0 Å². The molecule has 0 aliphatic heterocycles. The lowest BCUT2D eigenvalue weighted by Crippen LogP contribution is -2.50. The van der Waals surface area contributed by atoms with Crippen LogP contribution in [0.3, 0.4) is 0 Å². The van der Waals surface area contributed by atoms with Crippen molar-refractivity contribution in [1.29, 1.82) is 0 Å². The fourth-order valence-electron chi connectivity index (χ4n) is 1.32. The van der Waals surface area contributed by atoms with Crippen molar-refractivity contribution in [2.24, 2.45) is 0 Å². The zero-order chi connectivity index (χ0) is 15.0. The van der Waals surface area contributed by atoms with Crippen molar-refractivity contribution in [3.05, 3.63) is 22.7 Å². The number of nitrogens with two attached hydrogens (primary N) is 1. The highest BCUT2D eigenvalue weighted by atomic mass is 35.5. The summed E-state index contributed by atoms with van der Waals surface area (Å²) in [7, 11) is -3.80. The number of rotatable bonds is 4. The maximum absolute atomic E-state index is 12.2. The number of nitrogens with one attached hydrogen (secondary N) is 1. The van der Waals surface area contributed by atoms with E-state index in [1.807, 2.05) is 0 Å². The first-order valence-electron chi connectivity index (χ1n) is 5.75. The van der Waals surface area contributed by atoms with Crippen LogP contribution in [0.4, 0.5) is 5.69 Å². The SMILES string of the molecule is Cc1c(N)cc(S(=O)(=O)NC(C)(C)C(C)O)cc1Cl. The Morgan fingerprint density at radius 2 is 1.95 bits per heavy atom. The van der Waals surface area contributed by atoms with E-state index in [1.165, 1.54) is 19.1 Å². The number of aliphatic hydroxyl groups is 1. The third-order valence-electron chi connectivity index (χ3n) is 3.11. The van der Waals surface area contributed by atoms with Gasteiger partial charge in [0.15, 0.2) is 0 Å². The summed E-state index contributed by atoms with van der Waals surface area (Å²) < 4.78 is 26.9. The van der Waals surface area contributed by atoms with Gasteiger partial charge in [-0.3, -0.25) is 0 Å². The summed E-state index contributed by atoms with van der Waals surface area (Å²) in [5, 5.41) is 9.85. The molecule has 19 heavy (non-hydrogen) atoms. The molecule has 1 atom stereocenters. The minimum absolute atomic E-state index is 0.0191. The molecule has 0 radical (unpaired) electrons. The van der Waals surface area contributed by atoms with E-state index in [0.717, 1.165) is 0 Å². The molecule has 0 aromatic heterocycles. The molecule has 0 aliphatic carbocycles. The Morgan fingerprint density at radius 3 is 2.37 bits per heavy atom. The number of anilines is 1. The van der Waals surface area contributed by atoms with Crippen molar-refractivity contribution in [2.45, 2.75) is 44.2 Å². The molecule has 0 saturated heterocycles. The van der Waals surface area contributed by atoms with Gasteiger partial charge in [-0.25, -0.2) is 13.1 Å². The fourth-order valence-corrected chi connectivity index (χ4v) is 3.15. The maximum atomic E-state index is 12.2. The summed E-state index contributed by atoms with van der Waals surface area (Å²) >= 11 is 5.94. The summed E-state index contributed by atoms with van der Waals surface area (Å²) in [5.41, 5.74) is 5.66. The molecule has 108 valence electrons. The van der Waals surface area contributed by atoms with Gasteiger partial charge in [0, 0.05) is 10.7 Å². The predicted octanol–water partition coefficient (Wildman–Crippen LogP) is 1.67. The number of benzene rings is 1. The van der Waals surface area contributed by atoms with Crippen LogP contribution < -0.4 is 10.5 Å². The van der Waals surface area contributed by atoms with E-state index in [4.69, 9.17) is 17.3 Å². The van der Waals surface area contributed by atoms with Gasteiger partial charge in [0.25, 0.3) is 0 Å². The Labute approximate surface area is 118 Å². The molecule has 0 fully saturated rings. The quantitative estimate of drug-likeness (QED) is 0.738. The van der Waals surface area contributed by atoms with Gasteiger partial charge in [-0.2, -0.15) is 0 Å². The Kier molecular flexibility index (Phi) is 4.51.